The standard InChI is InChI=1S/C22H39N5O4/c1-4-27(5-2)19(20-8-6-15-31-20)16-24-22(29)18-26-12-10-25(11-13-26)17-21(28)23-9-7-14-30-3/h6,8,15,19H,4-5,7,9-14,16-18H2,1-3H3,(H,23,28)(H,24,29). The Hall–Kier alpha value is -1.94. The molecule has 1 unspecified atom stereocenters. The van der Waals surface area contributed by atoms with E-state index in [0.29, 0.717) is 32.8 Å². The van der Waals surface area contributed by atoms with E-state index in [1.165, 1.54) is 0 Å². The zero-order chi connectivity index (χ0) is 22.5. The Morgan fingerprint density at radius 1 is 1.10 bits per heavy atom. The second-order valence-electron chi connectivity index (χ2n) is 7.81. The van der Waals surface area contributed by atoms with Crippen molar-refractivity contribution in [3.05, 3.63) is 24.2 Å². The summed E-state index contributed by atoms with van der Waals surface area (Å²) in [5, 5.41) is 5.99. The molecule has 0 saturated carbocycles. The largest absolute Gasteiger partial charge is 0.468 e. The molecule has 0 bridgehead atoms. The van der Waals surface area contributed by atoms with E-state index in [2.05, 4.69) is 39.2 Å². The first-order chi connectivity index (χ1) is 15.1. The average Bonchev–Trinajstić information content (AvgIpc) is 3.30. The molecule has 2 amide bonds. The molecule has 1 aromatic heterocycles. The van der Waals surface area contributed by atoms with Gasteiger partial charge in [-0.05, 0) is 31.6 Å². The van der Waals surface area contributed by atoms with Crippen molar-refractivity contribution < 1.29 is 18.7 Å². The molecule has 1 aliphatic heterocycles. The summed E-state index contributed by atoms with van der Waals surface area (Å²) in [6, 6.07) is 3.88. The highest BCUT2D eigenvalue weighted by Gasteiger charge is 2.23. The van der Waals surface area contributed by atoms with Gasteiger partial charge in [-0.15, -0.1) is 0 Å². The van der Waals surface area contributed by atoms with Gasteiger partial charge in [0.15, 0.2) is 0 Å². The summed E-state index contributed by atoms with van der Waals surface area (Å²) >= 11 is 0. The number of nitrogens with one attached hydrogen (secondary N) is 2. The number of likely N-dealkylation sites (N-methyl/N-ethyl adjacent to an activating group) is 1. The van der Waals surface area contributed by atoms with Gasteiger partial charge < -0.3 is 19.8 Å². The van der Waals surface area contributed by atoms with Gasteiger partial charge in [-0.2, -0.15) is 0 Å². The van der Waals surface area contributed by atoms with E-state index in [-0.39, 0.29) is 17.9 Å². The predicted octanol–water partition coefficient (Wildman–Crippen LogP) is 0.549. The fraction of sp³-hybridized carbons (Fsp3) is 0.727. The molecule has 2 heterocycles. The van der Waals surface area contributed by atoms with Gasteiger partial charge in [0.05, 0.1) is 25.4 Å². The van der Waals surface area contributed by atoms with E-state index >= 15 is 0 Å². The third kappa shape index (κ3) is 8.98. The summed E-state index contributed by atoms with van der Waals surface area (Å²) in [5.41, 5.74) is 0. The molecule has 1 atom stereocenters. The monoisotopic (exact) mass is 437 g/mol. The second kappa shape index (κ2) is 14.2. The fourth-order valence-corrected chi connectivity index (χ4v) is 3.83. The first-order valence-electron chi connectivity index (χ1n) is 11.3. The maximum Gasteiger partial charge on any atom is 0.234 e. The minimum absolute atomic E-state index is 0.0213. The van der Waals surface area contributed by atoms with E-state index in [1.807, 2.05) is 12.1 Å². The van der Waals surface area contributed by atoms with Crippen LogP contribution in [0.1, 0.15) is 32.1 Å². The van der Waals surface area contributed by atoms with Crippen LogP contribution in [0.3, 0.4) is 0 Å². The number of rotatable bonds is 14. The molecule has 1 fully saturated rings. The number of carbonyl (C=O) groups is 2. The molecule has 0 spiro atoms. The Morgan fingerprint density at radius 3 is 2.23 bits per heavy atom. The SMILES string of the molecule is CCN(CC)C(CNC(=O)CN1CCN(CC(=O)NCCCOC)CC1)c1ccco1. The van der Waals surface area contributed by atoms with Crippen LogP contribution in [0.15, 0.2) is 22.8 Å². The van der Waals surface area contributed by atoms with Crippen molar-refractivity contribution in [2.24, 2.45) is 0 Å². The number of furan rings is 1. The lowest BCUT2D eigenvalue weighted by molar-refractivity contribution is -0.125. The fourth-order valence-electron chi connectivity index (χ4n) is 3.83. The normalized spacial score (nSPS) is 16.4. The number of amides is 2. The minimum atomic E-state index is 0.0213. The number of methoxy groups -OCH3 is 1. The molecule has 176 valence electrons. The number of nitrogens with zero attached hydrogens (tertiary/aromatic N) is 3. The summed E-state index contributed by atoms with van der Waals surface area (Å²) in [6.45, 7) is 11.7. The molecular weight excluding hydrogens is 398 g/mol. The van der Waals surface area contributed by atoms with Crippen molar-refractivity contribution in [2.75, 3.05) is 79.2 Å². The summed E-state index contributed by atoms with van der Waals surface area (Å²) in [5.74, 6) is 0.939. The molecule has 9 heteroatoms. The van der Waals surface area contributed by atoms with Crippen molar-refractivity contribution in [2.45, 2.75) is 26.3 Å². The smallest absolute Gasteiger partial charge is 0.234 e. The Morgan fingerprint density at radius 2 is 1.71 bits per heavy atom. The topological polar surface area (TPSA) is 90.3 Å². The van der Waals surface area contributed by atoms with Crippen LogP contribution in [-0.2, 0) is 14.3 Å². The van der Waals surface area contributed by atoms with Crippen LogP contribution < -0.4 is 10.6 Å². The van der Waals surface area contributed by atoms with Crippen molar-refractivity contribution in [3.63, 3.8) is 0 Å². The first kappa shape index (κ1) is 25.3. The molecule has 1 aromatic rings. The molecule has 0 aliphatic carbocycles. The van der Waals surface area contributed by atoms with Gasteiger partial charge in [-0.1, -0.05) is 13.8 Å². The highest BCUT2D eigenvalue weighted by atomic mass is 16.5. The summed E-state index contributed by atoms with van der Waals surface area (Å²) in [6.07, 6.45) is 2.49. The average molecular weight is 438 g/mol. The lowest BCUT2D eigenvalue weighted by Gasteiger charge is -2.34. The van der Waals surface area contributed by atoms with E-state index in [9.17, 15) is 9.59 Å². The van der Waals surface area contributed by atoms with E-state index < -0.39 is 0 Å². The number of hydrogen-bond acceptors (Lipinski definition) is 7. The zero-order valence-corrected chi connectivity index (χ0v) is 19.3. The predicted molar refractivity (Wildman–Crippen MR) is 120 cm³/mol. The van der Waals surface area contributed by atoms with Crippen LogP contribution >= 0.6 is 0 Å². The Kier molecular flexibility index (Phi) is 11.6. The lowest BCUT2D eigenvalue weighted by atomic mass is 10.2. The second-order valence-corrected chi connectivity index (χ2v) is 7.81. The Labute approximate surface area is 186 Å². The van der Waals surface area contributed by atoms with E-state index in [4.69, 9.17) is 9.15 Å². The summed E-state index contributed by atoms with van der Waals surface area (Å²) in [7, 11) is 1.66. The van der Waals surface area contributed by atoms with Gasteiger partial charge in [0.25, 0.3) is 0 Å². The maximum atomic E-state index is 12.5. The molecule has 1 saturated heterocycles. The number of hydrogen-bond donors (Lipinski definition) is 2. The summed E-state index contributed by atoms with van der Waals surface area (Å²) < 4.78 is 10.6. The molecule has 31 heavy (non-hydrogen) atoms. The van der Waals surface area contributed by atoms with Crippen LogP contribution in [0.4, 0.5) is 0 Å². The third-order valence-corrected chi connectivity index (χ3v) is 5.66. The van der Waals surface area contributed by atoms with Crippen LogP contribution in [-0.4, -0.2) is 106 Å². The molecule has 1 aliphatic rings. The molecule has 9 nitrogen and oxygen atoms in total. The quantitative estimate of drug-likeness (QED) is 0.411. The molecule has 0 radical (unpaired) electrons. The van der Waals surface area contributed by atoms with Crippen molar-refractivity contribution >= 4 is 11.8 Å². The number of carbonyl (C=O) groups excluding carboxylic acids is 2. The number of ether oxygens (including phenoxy) is 1. The van der Waals surface area contributed by atoms with Crippen LogP contribution in [0.2, 0.25) is 0 Å². The summed E-state index contributed by atoms with van der Waals surface area (Å²) in [4.78, 5) is 31.1. The Bertz CT molecular complexity index is 628. The zero-order valence-electron chi connectivity index (χ0n) is 19.3. The third-order valence-electron chi connectivity index (χ3n) is 5.66. The van der Waals surface area contributed by atoms with Crippen molar-refractivity contribution in [1.29, 1.82) is 0 Å². The van der Waals surface area contributed by atoms with Gasteiger partial charge in [0.1, 0.15) is 5.76 Å². The maximum absolute atomic E-state index is 12.5. The minimum Gasteiger partial charge on any atom is -0.468 e. The number of piperazine rings is 1. The molecule has 2 N–H and O–H groups in total. The first-order valence-corrected chi connectivity index (χ1v) is 11.3. The van der Waals surface area contributed by atoms with Crippen LogP contribution in [0.5, 0.6) is 0 Å². The highest BCUT2D eigenvalue weighted by Crippen LogP contribution is 2.20. The molecular formula is C22H39N5O4. The Balaban J connectivity index is 1.68. The van der Waals surface area contributed by atoms with Crippen molar-refractivity contribution in [1.82, 2.24) is 25.3 Å². The van der Waals surface area contributed by atoms with E-state index in [1.54, 1.807) is 13.4 Å². The van der Waals surface area contributed by atoms with Gasteiger partial charge in [-0.3, -0.25) is 24.3 Å². The highest BCUT2D eigenvalue weighted by molar-refractivity contribution is 5.78. The van der Waals surface area contributed by atoms with Gasteiger partial charge in [0, 0.05) is 53.0 Å². The van der Waals surface area contributed by atoms with Gasteiger partial charge >= 0.3 is 0 Å². The van der Waals surface area contributed by atoms with Crippen LogP contribution in [0.25, 0.3) is 0 Å². The van der Waals surface area contributed by atoms with E-state index in [0.717, 1.165) is 51.4 Å². The lowest BCUT2D eigenvalue weighted by Crippen LogP contribution is -2.52. The molecule has 0 aromatic carbocycles. The van der Waals surface area contributed by atoms with Gasteiger partial charge in [0.2, 0.25) is 11.8 Å². The van der Waals surface area contributed by atoms with Crippen molar-refractivity contribution in [3.8, 4) is 0 Å². The van der Waals surface area contributed by atoms with Gasteiger partial charge in [-0.25, -0.2) is 0 Å². The molecule has 2 rings (SSSR count). The van der Waals surface area contributed by atoms with Crippen LogP contribution in [0, 0.1) is 0 Å².